The van der Waals surface area contributed by atoms with Crippen LogP contribution in [0, 0.1) is 13.8 Å². The summed E-state index contributed by atoms with van der Waals surface area (Å²) >= 11 is 0. The van der Waals surface area contributed by atoms with Crippen LogP contribution in [0.15, 0.2) is 46.9 Å². The average molecular weight is 679 g/mol. The molecule has 0 saturated carbocycles. The van der Waals surface area contributed by atoms with E-state index in [0.29, 0.717) is 23.8 Å². The van der Waals surface area contributed by atoms with Gasteiger partial charge in [-0.3, -0.25) is 19.1 Å². The van der Waals surface area contributed by atoms with E-state index in [1.165, 1.54) is 7.11 Å². The Labute approximate surface area is 285 Å². The van der Waals surface area contributed by atoms with Crippen molar-refractivity contribution < 1.29 is 17.9 Å². The lowest BCUT2D eigenvalue weighted by atomic mass is 9.86. The number of nitrogens with one attached hydrogen (secondary N) is 2. The topological polar surface area (TPSA) is 134 Å². The first-order valence-corrected chi connectivity index (χ1v) is 18.3. The Morgan fingerprint density at radius 2 is 1.67 bits per heavy atom. The summed E-state index contributed by atoms with van der Waals surface area (Å²) in [5.41, 5.74) is 5.63. The average Bonchev–Trinajstić information content (AvgIpc) is 3.62. The highest BCUT2D eigenvalue weighted by Crippen LogP contribution is 2.40. The molecule has 260 valence electrons. The standard InChI is InChI=1S/C35H50N8O4S/c1-22-11-12-24(33(44)37-28-18-25(34(3,4)5)19-29(32(28)47-9)39-48(10,45)46)17-31(22)42-21-30(38-40-42)27-20-36-43(23(27)2)26-13-15-41(16-14-26)35(6,7)8/h11-12,17-20,26,30,39H,13-16,21H2,1-10H3,(H,37,44). The third-order valence-corrected chi connectivity index (χ3v) is 9.89. The van der Waals surface area contributed by atoms with Gasteiger partial charge >= 0.3 is 0 Å². The number of sulfonamides is 1. The number of hydrogen-bond acceptors (Lipinski definition) is 9. The van der Waals surface area contributed by atoms with Crippen LogP contribution in [0.2, 0.25) is 0 Å². The van der Waals surface area contributed by atoms with Gasteiger partial charge in [-0.05, 0) is 88.3 Å². The molecule has 48 heavy (non-hydrogen) atoms. The molecular weight excluding hydrogens is 629 g/mol. The van der Waals surface area contributed by atoms with Crippen molar-refractivity contribution in [1.82, 2.24) is 14.7 Å². The lowest BCUT2D eigenvalue weighted by Gasteiger charge is -2.41. The molecule has 13 heteroatoms. The molecule has 1 fully saturated rings. The Morgan fingerprint density at radius 1 is 1.00 bits per heavy atom. The second-order valence-electron chi connectivity index (χ2n) is 15.0. The van der Waals surface area contributed by atoms with Crippen LogP contribution in [0.4, 0.5) is 17.1 Å². The van der Waals surface area contributed by atoms with Crippen molar-refractivity contribution in [1.29, 1.82) is 0 Å². The summed E-state index contributed by atoms with van der Waals surface area (Å²) in [7, 11) is -2.16. The van der Waals surface area contributed by atoms with Crippen molar-refractivity contribution in [3.63, 3.8) is 0 Å². The number of amides is 1. The number of nitrogens with zero attached hydrogens (tertiary/aromatic N) is 6. The number of carbonyl (C=O) groups is 1. The van der Waals surface area contributed by atoms with E-state index < -0.39 is 10.0 Å². The van der Waals surface area contributed by atoms with Crippen molar-refractivity contribution >= 4 is 33.0 Å². The molecule has 2 N–H and O–H groups in total. The molecule has 1 aromatic heterocycles. The molecule has 1 unspecified atom stereocenters. The minimum absolute atomic E-state index is 0.171. The molecule has 5 rings (SSSR count). The zero-order valence-electron chi connectivity index (χ0n) is 29.9. The van der Waals surface area contributed by atoms with Crippen LogP contribution in [0.25, 0.3) is 0 Å². The highest BCUT2D eigenvalue weighted by molar-refractivity contribution is 7.92. The van der Waals surface area contributed by atoms with Crippen LogP contribution < -0.4 is 19.8 Å². The predicted molar refractivity (Wildman–Crippen MR) is 191 cm³/mol. The third kappa shape index (κ3) is 7.67. The second kappa shape index (κ2) is 13.1. The summed E-state index contributed by atoms with van der Waals surface area (Å²) < 4.78 is 34.6. The maximum Gasteiger partial charge on any atom is 0.255 e. The van der Waals surface area contributed by atoms with Gasteiger partial charge in [0.2, 0.25) is 10.0 Å². The maximum absolute atomic E-state index is 13.7. The summed E-state index contributed by atoms with van der Waals surface area (Å²) in [6.07, 6.45) is 5.13. The number of anilines is 3. The minimum Gasteiger partial charge on any atom is -0.492 e. The van der Waals surface area contributed by atoms with E-state index >= 15 is 0 Å². The highest BCUT2D eigenvalue weighted by atomic mass is 32.2. The quantitative estimate of drug-likeness (QED) is 0.268. The molecule has 0 spiro atoms. The predicted octanol–water partition coefficient (Wildman–Crippen LogP) is 6.79. The number of rotatable bonds is 8. The number of likely N-dealkylation sites (tertiary alicyclic amines) is 1. The van der Waals surface area contributed by atoms with Crippen LogP contribution in [-0.4, -0.2) is 67.5 Å². The van der Waals surface area contributed by atoms with Gasteiger partial charge in [-0.15, -0.1) is 0 Å². The van der Waals surface area contributed by atoms with E-state index in [9.17, 15) is 13.2 Å². The van der Waals surface area contributed by atoms with Crippen LogP contribution >= 0.6 is 0 Å². The van der Waals surface area contributed by atoms with Gasteiger partial charge in [0.05, 0.1) is 49.2 Å². The van der Waals surface area contributed by atoms with Gasteiger partial charge in [-0.2, -0.15) is 10.2 Å². The second-order valence-corrected chi connectivity index (χ2v) is 16.8. The summed E-state index contributed by atoms with van der Waals surface area (Å²) in [6, 6.07) is 9.19. The molecule has 0 aliphatic carbocycles. The largest absolute Gasteiger partial charge is 0.492 e. The number of benzene rings is 2. The molecule has 0 bridgehead atoms. The van der Waals surface area contributed by atoms with Crippen molar-refractivity contribution in [3.8, 4) is 5.75 Å². The Morgan fingerprint density at radius 3 is 2.27 bits per heavy atom. The molecule has 2 aliphatic rings. The lowest BCUT2D eigenvalue weighted by Crippen LogP contribution is -2.46. The maximum atomic E-state index is 13.7. The first kappa shape index (κ1) is 35.3. The summed E-state index contributed by atoms with van der Waals surface area (Å²) in [5, 5.41) is 18.7. The van der Waals surface area contributed by atoms with Crippen LogP contribution in [0.1, 0.15) is 99.2 Å². The van der Waals surface area contributed by atoms with E-state index in [1.807, 2.05) is 51.0 Å². The summed E-state index contributed by atoms with van der Waals surface area (Å²) in [4.78, 5) is 16.2. The van der Waals surface area contributed by atoms with E-state index in [4.69, 9.17) is 9.84 Å². The molecule has 2 aliphatic heterocycles. The molecule has 3 heterocycles. The number of carbonyl (C=O) groups excluding carboxylic acids is 1. The monoisotopic (exact) mass is 678 g/mol. The molecule has 0 radical (unpaired) electrons. The minimum atomic E-state index is -3.60. The molecule has 1 amide bonds. The van der Waals surface area contributed by atoms with Gasteiger partial charge in [0.25, 0.3) is 5.91 Å². The Hall–Kier alpha value is -3.97. The zero-order valence-corrected chi connectivity index (χ0v) is 30.7. The van der Waals surface area contributed by atoms with Crippen molar-refractivity contribution in [3.05, 3.63) is 64.5 Å². The van der Waals surface area contributed by atoms with Gasteiger partial charge in [-0.25, -0.2) is 13.4 Å². The van der Waals surface area contributed by atoms with E-state index in [2.05, 4.69) is 57.7 Å². The highest BCUT2D eigenvalue weighted by Gasteiger charge is 2.32. The normalized spacial score (nSPS) is 18.0. The molecular formula is C35H50N8O4S. The number of ether oxygens (including phenoxy) is 1. The van der Waals surface area contributed by atoms with Gasteiger partial charge in [0.15, 0.2) is 5.75 Å². The van der Waals surface area contributed by atoms with E-state index in [1.54, 1.807) is 18.2 Å². The smallest absolute Gasteiger partial charge is 0.255 e. The Balaban J connectivity index is 1.34. The van der Waals surface area contributed by atoms with E-state index in [0.717, 1.165) is 60.3 Å². The fourth-order valence-electron chi connectivity index (χ4n) is 6.46. The number of piperidine rings is 1. The Bertz CT molecular complexity index is 1810. The SMILES string of the molecule is COc1c(NC(=O)c2ccc(C)c(N3CC(c4cnn(C5CCN(C(C)(C)C)CC5)c4C)N=N3)c2)cc(C(C)(C)C)cc1NS(C)(=O)=O. The van der Waals surface area contributed by atoms with Crippen molar-refractivity contribution in [2.24, 2.45) is 10.3 Å². The molecule has 3 aromatic rings. The molecule has 1 saturated heterocycles. The van der Waals surface area contributed by atoms with Gasteiger partial charge in [-0.1, -0.05) is 32.1 Å². The van der Waals surface area contributed by atoms with E-state index in [-0.39, 0.29) is 34.3 Å². The fourth-order valence-corrected chi connectivity index (χ4v) is 7.01. The van der Waals surface area contributed by atoms with Crippen LogP contribution in [0.3, 0.4) is 0 Å². The van der Waals surface area contributed by atoms with Crippen molar-refractivity contribution in [2.75, 3.05) is 48.0 Å². The number of methoxy groups -OCH3 is 1. The van der Waals surface area contributed by atoms with Gasteiger partial charge < -0.3 is 10.1 Å². The number of hydrogen-bond donors (Lipinski definition) is 2. The summed E-state index contributed by atoms with van der Waals surface area (Å²) in [5.74, 6) is -0.144. The Kier molecular flexibility index (Phi) is 9.68. The number of aromatic nitrogens is 2. The van der Waals surface area contributed by atoms with Gasteiger partial charge in [0, 0.05) is 35.4 Å². The molecule has 1 atom stereocenters. The first-order chi connectivity index (χ1) is 22.4. The third-order valence-electron chi connectivity index (χ3n) is 9.30. The lowest BCUT2D eigenvalue weighted by molar-refractivity contribution is 0.0865. The summed E-state index contributed by atoms with van der Waals surface area (Å²) in [6.45, 7) is 19.6. The van der Waals surface area contributed by atoms with Crippen molar-refractivity contribution in [2.45, 2.75) is 91.3 Å². The first-order valence-electron chi connectivity index (χ1n) is 16.5. The van der Waals surface area contributed by atoms with Crippen LogP contribution in [-0.2, 0) is 15.4 Å². The number of aryl methyl sites for hydroxylation is 1. The molecule has 12 nitrogen and oxygen atoms in total. The fraction of sp³-hybridized carbons (Fsp3) is 0.543. The zero-order chi connectivity index (χ0) is 35.2. The van der Waals surface area contributed by atoms with Crippen LogP contribution in [0.5, 0.6) is 5.75 Å². The van der Waals surface area contributed by atoms with Gasteiger partial charge in [0.1, 0.15) is 6.04 Å². The molecule has 2 aromatic carbocycles.